The topological polar surface area (TPSA) is 84.7 Å². The molecule has 1 atom stereocenters. The molecule has 0 saturated carbocycles. The van der Waals surface area contributed by atoms with Gasteiger partial charge < -0.3 is 10.4 Å². The van der Waals surface area contributed by atoms with Crippen LogP contribution in [-0.4, -0.2) is 28.5 Å². The standard InChI is InChI=1S/C8H12N4O/c1-6(5-13)3-10-8-7(2-9)4-11-12-8/h4,6,13H,3,5H2,1H3,(H2,10,11,12). The number of anilines is 1. The molecule has 0 aliphatic heterocycles. The molecule has 0 saturated heterocycles. The van der Waals surface area contributed by atoms with Gasteiger partial charge in [-0.3, -0.25) is 5.10 Å². The fourth-order valence-corrected chi connectivity index (χ4v) is 0.847. The molecule has 0 fully saturated rings. The van der Waals surface area contributed by atoms with Gasteiger partial charge in [-0.1, -0.05) is 6.92 Å². The van der Waals surface area contributed by atoms with E-state index >= 15 is 0 Å². The Bertz CT molecular complexity index is 301. The third-order valence-electron chi connectivity index (χ3n) is 1.70. The van der Waals surface area contributed by atoms with E-state index in [1.807, 2.05) is 13.0 Å². The Morgan fingerprint density at radius 3 is 3.23 bits per heavy atom. The molecule has 0 radical (unpaired) electrons. The fourth-order valence-electron chi connectivity index (χ4n) is 0.847. The number of aromatic nitrogens is 2. The molecule has 70 valence electrons. The Morgan fingerprint density at radius 1 is 1.85 bits per heavy atom. The summed E-state index contributed by atoms with van der Waals surface area (Å²) in [6.07, 6.45) is 1.46. The first-order valence-corrected chi connectivity index (χ1v) is 4.06. The van der Waals surface area contributed by atoms with Crippen molar-refractivity contribution in [3.63, 3.8) is 0 Å². The van der Waals surface area contributed by atoms with Crippen molar-refractivity contribution in [3.05, 3.63) is 11.8 Å². The van der Waals surface area contributed by atoms with Crippen molar-refractivity contribution in [2.75, 3.05) is 18.5 Å². The number of aromatic amines is 1. The van der Waals surface area contributed by atoms with Gasteiger partial charge in [-0.2, -0.15) is 10.4 Å². The van der Waals surface area contributed by atoms with Crippen molar-refractivity contribution < 1.29 is 5.11 Å². The molecule has 1 rings (SSSR count). The molecular formula is C8H12N4O. The van der Waals surface area contributed by atoms with Crippen LogP contribution in [-0.2, 0) is 0 Å². The summed E-state index contributed by atoms with van der Waals surface area (Å²) >= 11 is 0. The van der Waals surface area contributed by atoms with Gasteiger partial charge in [0.2, 0.25) is 0 Å². The van der Waals surface area contributed by atoms with Gasteiger partial charge in [0.25, 0.3) is 0 Å². The van der Waals surface area contributed by atoms with Crippen LogP contribution in [0.2, 0.25) is 0 Å². The Labute approximate surface area is 76.4 Å². The average Bonchev–Trinajstić information content (AvgIpc) is 2.61. The molecule has 5 heteroatoms. The third-order valence-corrected chi connectivity index (χ3v) is 1.70. The van der Waals surface area contributed by atoms with Gasteiger partial charge in [0.1, 0.15) is 17.5 Å². The van der Waals surface area contributed by atoms with Gasteiger partial charge in [0.05, 0.1) is 6.20 Å². The predicted molar refractivity (Wildman–Crippen MR) is 48.0 cm³/mol. The smallest absolute Gasteiger partial charge is 0.139 e. The lowest BCUT2D eigenvalue weighted by Crippen LogP contribution is -2.15. The summed E-state index contributed by atoms with van der Waals surface area (Å²) in [5.74, 6) is 0.776. The van der Waals surface area contributed by atoms with E-state index in [1.165, 1.54) is 6.20 Å². The fraction of sp³-hybridized carbons (Fsp3) is 0.500. The van der Waals surface area contributed by atoms with Crippen LogP contribution in [0.25, 0.3) is 0 Å². The summed E-state index contributed by atoms with van der Waals surface area (Å²) in [6, 6.07) is 2.00. The lowest BCUT2D eigenvalue weighted by Gasteiger charge is -2.08. The molecule has 0 aliphatic carbocycles. The Balaban J connectivity index is 2.50. The number of nitrogens with zero attached hydrogens (tertiary/aromatic N) is 2. The number of nitrogens with one attached hydrogen (secondary N) is 2. The summed E-state index contributed by atoms with van der Waals surface area (Å²) in [5, 5.41) is 26.8. The highest BCUT2D eigenvalue weighted by atomic mass is 16.3. The van der Waals surface area contributed by atoms with Crippen LogP contribution >= 0.6 is 0 Å². The van der Waals surface area contributed by atoms with E-state index in [0.717, 1.165) is 0 Å². The Hall–Kier alpha value is -1.54. The largest absolute Gasteiger partial charge is 0.396 e. The predicted octanol–water partition coefficient (Wildman–Crippen LogP) is 0.322. The molecule has 1 aromatic heterocycles. The van der Waals surface area contributed by atoms with Gasteiger partial charge in [0, 0.05) is 13.2 Å². The van der Waals surface area contributed by atoms with Crippen LogP contribution in [0.1, 0.15) is 12.5 Å². The molecule has 13 heavy (non-hydrogen) atoms. The second-order valence-corrected chi connectivity index (χ2v) is 2.94. The first-order valence-electron chi connectivity index (χ1n) is 4.06. The van der Waals surface area contributed by atoms with Crippen molar-refractivity contribution in [1.29, 1.82) is 5.26 Å². The molecule has 0 amide bonds. The molecule has 0 bridgehead atoms. The number of rotatable bonds is 4. The Kier molecular flexibility index (Phi) is 3.29. The molecular weight excluding hydrogens is 168 g/mol. The summed E-state index contributed by atoms with van der Waals surface area (Å²) in [7, 11) is 0. The zero-order valence-corrected chi connectivity index (χ0v) is 7.41. The van der Waals surface area contributed by atoms with E-state index in [1.54, 1.807) is 0 Å². The number of nitriles is 1. The van der Waals surface area contributed by atoms with Gasteiger partial charge in [0.15, 0.2) is 0 Å². The van der Waals surface area contributed by atoms with Gasteiger partial charge in [-0.15, -0.1) is 0 Å². The first-order chi connectivity index (χ1) is 6.27. The molecule has 0 spiro atoms. The van der Waals surface area contributed by atoms with E-state index in [0.29, 0.717) is 17.9 Å². The summed E-state index contributed by atoms with van der Waals surface area (Å²) < 4.78 is 0. The molecule has 1 heterocycles. The van der Waals surface area contributed by atoms with E-state index in [9.17, 15) is 0 Å². The minimum absolute atomic E-state index is 0.128. The number of hydrogen-bond donors (Lipinski definition) is 3. The van der Waals surface area contributed by atoms with Gasteiger partial charge >= 0.3 is 0 Å². The Morgan fingerprint density at radius 2 is 2.62 bits per heavy atom. The van der Waals surface area contributed by atoms with Crippen LogP contribution in [0.15, 0.2) is 6.20 Å². The highest BCUT2D eigenvalue weighted by Crippen LogP contribution is 2.09. The monoisotopic (exact) mass is 180 g/mol. The number of aliphatic hydroxyl groups is 1. The second-order valence-electron chi connectivity index (χ2n) is 2.94. The highest BCUT2D eigenvalue weighted by Gasteiger charge is 2.04. The number of aliphatic hydroxyl groups excluding tert-OH is 1. The van der Waals surface area contributed by atoms with E-state index in [4.69, 9.17) is 10.4 Å². The number of H-pyrrole nitrogens is 1. The molecule has 0 aliphatic rings. The number of hydrogen-bond acceptors (Lipinski definition) is 4. The van der Waals surface area contributed by atoms with Crippen LogP contribution < -0.4 is 5.32 Å². The average molecular weight is 180 g/mol. The van der Waals surface area contributed by atoms with Crippen LogP contribution in [0.3, 0.4) is 0 Å². The summed E-state index contributed by atoms with van der Waals surface area (Å²) in [6.45, 7) is 2.66. The first kappa shape index (κ1) is 9.55. The quantitative estimate of drug-likeness (QED) is 0.623. The van der Waals surface area contributed by atoms with Gasteiger partial charge in [-0.05, 0) is 5.92 Å². The normalized spacial score (nSPS) is 12.1. The van der Waals surface area contributed by atoms with Gasteiger partial charge in [-0.25, -0.2) is 0 Å². The highest BCUT2D eigenvalue weighted by molar-refractivity contribution is 5.50. The molecule has 0 aromatic carbocycles. The zero-order chi connectivity index (χ0) is 9.68. The van der Waals surface area contributed by atoms with Crippen molar-refractivity contribution >= 4 is 5.82 Å². The molecule has 5 nitrogen and oxygen atoms in total. The maximum atomic E-state index is 8.76. The minimum Gasteiger partial charge on any atom is -0.396 e. The van der Waals surface area contributed by atoms with Crippen molar-refractivity contribution in [3.8, 4) is 6.07 Å². The SMILES string of the molecule is CC(CO)CNc1[nH]ncc1C#N. The van der Waals surface area contributed by atoms with Crippen LogP contribution in [0.4, 0.5) is 5.82 Å². The maximum Gasteiger partial charge on any atom is 0.139 e. The van der Waals surface area contributed by atoms with Crippen molar-refractivity contribution in [2.24, 2.45) is 5.92 Å². The lowest BCUT2D eigenvalue weighted by molar-refractivity contribution is 0.244. The zero-order valence-electron chi connectivity index (χ0n) is 7.41. The van der Waals surface area contributed by atoms with Crippen LogP contribution in [0, 0.1) is 17.2 Å². The lowest BCUT2D eigenvalue weighted by atomic mass is 10.2. The van der Waals surface area contributed by atoms with Crippen molar-refractivity contribution in [2.45, 2.75) is 6.92 Å². The third kappa shape index (κ3) is 2.46. The van der Waals surface area contributed by atoms with E-state index in [2.05, 4.69) is 15.5 Å². The molecule has 1 unspecified atom stereocenters. The molecule has 3 N–H and O–H groups in total. The van der Waals surface area contributed by atoms with Crippen molar-refractivity contribution in [1.82, 2.24) is 10.2 Å². The molecule has 1 aromatic rings. The summed E-state index contributed by atoms with van der Waals surface area (Å²) in [5.41, 5.74) is 0.491. The van der Waals surface area contributed by atoms with E-state index < -0.39 is 0 Å². The van der Waals surface area contributed by atoms with E-state index in [-0.39, 0.29) is 12.5 Å². The second kappa shape index (κ2) is 4.48. The maximum absolute atomic E-state index is 8.76. The minimum atomic E-state index is 0.128. The summed E-state index contributed by atoms with van der Waals surface area (Å²) in [4.78, 5) is 0. The van der Waals surface area contributed by atoms with Crippen LogP contribution in [0.5, 0.6) is 0 Å².